The molecule has 0 aromatic heterocycles. The van der Waals surface area contributed by atoms with Gasteiger partial charge >= 0.3 is 6.09 Å². The molecule has 0 heterocycles. The monoisotopic (exact) mass is 500 g/mol. The van der Waals surface area contributed by atoms with Crippen LogP contribution in [0.5, 0.6) is 0 Å². The number of nitrogens with zero attached hydrogens (tertiary/aromatic N) is 1. The quantitative estimate of drug-likeness (QED) is 0.418. The molecule has 0 fully saturated rings. The van der Waals surface area contributed by atoms with Crippen molar-refractivity contribution in [1.82, 2.24) is 10.4 Å². The number of amides is 2. The van der Waals surface area contributed by atoms with Crippen LogP contribution in [0.4, 0.5) is 4.79 Å². The van der Waals surface area contributed by atoms with Crippen LogP contribution in [0.25, 0.3) is 0 Å². The maximum absolute atomic E-state index is 12.7. The highest BCUT2D eigenvalue weighted by atomic mass is 28.4. The maximum Gasteiger partial charge on any atom is 0.407 e. The molecule has 0 aliphatic carbocycles. The van der Waals surface area contributed by atoms with E-state index in [1.54, 1.807) is 20.8 Å². The summed E-state index contributed by atoms with van der Waals surface area (Å²) in [6.45, 7) is 12.1. The van der Waals surface area contributed by atoms with Gasteiger partial charge in [0.25, 0.3) is 8.32 Å². The standard InChI is InChI=1S/C27H40N2O5Si/c1-26(2,3)34-25(31)28-21(19-24(30)29(7)32-8)20-33-35(27(4,5)6,22-15-11-9-12-16-22)23-17-13-10-14-18-23/h9-18,21H,19-20H2,1-8H3,(H,28,31)/t21-/m0/s1. The zero-order valence-corrected chi connectivity index (χ0v) is 23.3. The van der Waals surface area contributed by atoms with Gasteiger partial charge in [-0.15, -0.1) is 0 Å². The van der Waals surface area contributed by atoms with Crippen molar-refractivity contribution in [1.29, 1.82) is 0 Å². The third-order valence-corrected chi connectivity index (χ3v) is 10.7. The van der Waals surface area contributed by atoms with Gasteiger partial charge < -0.3 is 14.5 Å². The molecule has 0 saturated carbocycles. The summed E-state index contributed by atoms with van der Waals surface area (Å²) in [6.07, 6.45) is -0.594. The van der Waals surface area contributed by atoms with Crippen LogP contribution in [0.15, 0.2) is 60.7 Å². The van der Waals surface area contributed by atoms with Gasteiger partial charge in [0, 0.05) is 7.05 Å². The summed E-state index contributed by atoms with van der Waals surface area (Å²) in [7, 11) is 0.116. The number of benzene rings is 2. The topological polar surface area (TPSA) is 77.1 Å². The molecule has 0 spiro atoms. The Morgan fingerprint density at radius 2 is 1.40 bits per heavy atom. The van der Waals surface area contributed by atoms with Gasteiger partial charge in [-0.2, -0.15) is 0 Å². The van der Waals surface area contributed by atoms with E-state index in [1.165, 1.54) is 14.2 Å². The molecular formula is C27H40N2O5Si. The van der Waals surface area contributed by atoms with Crippen molar-refractivity contribution in [3.05, 3.63) is 60.7 Å². The van der Waals surface area contributed by atoms with Crippen LogP contribution in [-0.2, 0) is 18.8 Å². The second kappa shape index (κ2) is 11.8. The lowest BCUT2D eigenvalue weighted by Gasteiger charge is -2.43. The molecule has 2 aromatic rings. The Bertz CT molecular complexity index is 916. The third kappa shape index (κ3) is 7.65. The SMILES string of the molecule is CON(C)C(=O)C[C@@H](CO[Si](c1ccccc1)(c1ccccc1)C(C)(C)C)NC(=O)OC(C)(C)C. The molecule has 8 heteroatoms. The largest absolute Gasteiger partial charge is 0.444 e. The second-order valence-electron chi connectivity index (χ2n) is 10.6. The summed E-state index contributed by atoms with van der Waals surface area (Å²) < 4.78 is 12.4. The van der Waals surface area contributed by atoms with Crippen molar-refractivity contribution >= 4 is 30.7 Å². The van der Waals surface area contributed by atoms with E-state index >= 15 is 0 Å². The van der Waals surface area contributed by atoms with Crippen molar-refractivity contribution in [3.63, 3.8) is 0 Å². The molecule has 1 N–H and O–H groups in total. The van der Waals surface area contributed by atoms with Gasteiger partial charge in [-0.25, -0.2) is 9.86 Å². The van der Waals surface area contributed by atoms with Gasteiger partial charge in [0.2, 0.25) is 5.91 Å². The Kier molecular flexibility index (Phi) is 9.65. The zero-order chi connectivity index (χ0) is 26.3. The smallest absolute Gasteiger partial charge is 0.407 e. The van der Waals surface area contributed by atoms with E-state index in [0.717, 1.165) is 15.4 Å². The number of nitrogens with one attached hydrogen (secondary N) is 1. The molecule has 0 radical (unpaired) electrons. The molecule has 35 heavy (non-hydrogen) atoms. The normalized spacial score (nSPS) is 13.1. The summed E-state index contributed by atoms with van der Waals surface area (Å²) in [5.41, 5.74) is -0.666. The predicted molar refractivity (Wildman–Crippen MR) is 141 cm³/mol. The van der Waals surface area contributed by atoms with E-state index < -0.39 is 26.1 Å². The molecule has 1 atom stereocenters. The minimum atomic E-state index is -2.84. The highest BCUT2D eigenvalue weighted by Gasteiger charge is 2.50. The number of hydrogen-bond acceptors (Lipinski definition) is 5. The highest BCUT2D eigenvalue weighted by molar-refractivity contribution is 6.99. The number of carbonyl (C=O) groups excluding carboxylic acids is 2. The lowest BCUT2D eigenvalue weighted by molar-refractivity contribution is -0.169. The van der Waals surface area contributed by atoms with Crippen LogP contribution in [0.2, 0.25) is 5.04 Å². The average Bonchev–Trinajstić information content (AvgIpc) is 2.78. The first-order chi connectivity index (χ1) is 16.3. The predicted octanol–water partition coefficient (Wildman–Crippen LogP) is 3.87. The van der Waals surface area contributed by atoms with Gasteiger partial charge in [-0.05, 0) is 36.2 Å². The van der Waals surface area contributed by atoms with Crippen molar-refractivity contribution < 1.29 is 23.6 Å². The molecule has 192 valence electrons. The Hall–Kier alpha value is -2.68. The summed E-state index contributed by atoms with van der Waals surface area (Å²) >= 11 is 0. The minimum absolute atomic E-state index is 0.00177. The van der Waals surface area contributed by atoms with E-state index in [2.05, 4.69) is 50.4 Å². The number of carbonyl (C=O) groups is 2. The fourth-order valence-corrected chi connectivity index (χ4v) is 8.66. The van der Waals surface area contributed by atoms with E-state index in [4.69, 9.17) is 14.0 Å². The molecule has 2 amide bonds. The van der Waals surface area contributed by atoms with E-state index in [9.17, 15) is 9.59 Å². The van der Waals surface area contributed by atoms with E-state index in [1.807, 2.05) is 36.4 Å². The maximum atomic E-state index is 12.7. The van der Waals surface area contributed by atoms with E-state index in [-0.39, 0.29) is 24.0 Å². The average molecular weight is 501 g/mol. The van der Waals surface area contributed by atoms with Crippen molar-refractivity contribution in [2.24, 2.45) is 0 Å². The lowest BCUT2D eigenvalue weighted by atomic mass is 10.2. The molecule has 0 bridgehead atoms. The molecule has 7 nitrogen and oxygen atoms in total. The molecular weight excluding hydrogens is 460 g/mol. The van der Waals surface area contributed by atoms with Gasteiger partial charge in [-0.1, -0.05) is 81.4 Å². The highest BCUT2D eigenvalue weighted by Crippen LogP contribution is 2.36. The fraction of sp³-hybridized carbons (Fsp3) is 0.481. The fourth-order valence-electron chi connectivity index (χ4n) is 4.05. The van der Waals surface area contributed by atoms with Crippen LogP contribution in [-0.4, -0.2) is 57.8 Å². The van der Waals surface area contributed by atoms with Crippen LogP contribution < -0.4 is 15.7 Å². The number of hydrogen-bond donors (Lipinski definition) is 1. The lowest BCUT2D eigenvalue weighted by Crippen LogP contribution is -2.67. The van der Waals surface area contributed by atoms with Gasteiger partial charge in [0.15, 0.2) is 0 Å². The molecule has 0 aliphatic heterocycles. The summed E-state index contributed by atoms with van der Waals surface area (Å²) in [4.78, 5) is 30.3. The molecule has 0 aliphatic rings. The van der Waals surface area contributed by atoms with Crippen molar-refractivity contribution in [3.8, 4) is 0 Å². The molecule has 0 saturated heterocycles. The number of hydroxylamine groups is 2. The Morgan fingerprint density at radius 1 is 0.914 bits per heavy atom. The van der Waals surface area contributed by atoms with Gasteiger partial charge in [-0.3, -0.25) is 9.63 Å². The first-order valence-electron chi connectivity index (χ1n) is 11.9. The Labute approximate surface area is 210 Å². The summed E-state index contributed by atoms with van der Waals surface area (Å²) in [5.74, 6) is -0.278. The number of alkyl carbamates (subject to hydrolysis) is 1. The van der Waals surface area contributed by atoms with Crippen LogP contribution >= 0.6 is 0 Å². The van der Waals surface area contributed by atoms with Crippen molar-refractivity contribution in [2.75, 3.05) is 20.8 Å². The first kappa shape index (κ1) is 28.6. The van der Waals surface area contributed by atoms with Gasteiger partial charge in [0.05, 0.1) is 26.2 Å². The van der Waals surface area contributed by atoms with Crippen LogP contribution in [0.1, 0.15) is 48.0 Å². The third-order valence-electron chi connectivity index (χ3n) is 5.68. The zero-order valence-electron chi connectivity index (χ0n) is 22.3. The summed E-state index contributed by atoms with van der Waals surface area (Å²) in [6, 6.07) is 19.8. The van der Waals surface area contributed by atoms with Gasteiger partial charge in [0.1, 0.15) is 5.60 Å². The van der Waals surface area contributed by atoms with Crippen LogP contribution in [0.3, 0.4) is 0 Å². The number of rotatable bonds is 9. The minimum Gasteiger partial charge on any atom is -0.444 e. The molecule has 0 unspecified atom stereocenters. The second-order valence-corrected chi connectivity index (χ2v) is 14.9. The Morgan fingerprint density at radius 3 is 1.80 bits per heavy atom. The van der Waals surface area contributed by atoms with E-state index in [0.29, 0.717) is 0 Å². The first-order valence-corrected chi connectivity index (χ1v) is 13.8. The summed E-state index contributed by atoms with van der Waals surface area (Å²) in [5, 5.41) is 5.99. The molecule has 2 rings (SSSR count). The Balaban J connectivity index is 2.46. The van der Waals surface area contributed by atoms with Crippen LogP contribution in [0, 0.1) is 0 Å². The van der Waals surface area contributed by atoms with Crippen molar-refractivity contribution in [2.45, 2.75) is 64.6 Å². The molecule has 2 aromatic carbocycles. The number of ether oxygens (including phenoxy) is 1.